The summed E-state index contributed by atoms with van der Waals surface area (Å²) in [6, 6.07) is 3.89. The second kappa shape index (κ2) is 8.05. The number of amides is 1. The number of carbonyl (C=O) groups excluding carboxylic acids is 1. The van der Waals surface area contributed by atoms with Gasteiger partial charge >= 0.3 is 0 Å². The average Bonchev–Trinajstić information content (AvgIpc) is 3.35. The Labute approximate surface area is 170 Å². The zero-order valence-corrected chi connectivity index (χ0v) is 16.5. The minimum atomic E-state index is -2.62. The predicted molar refractivity (Wildman–Crippen MR) is 110 cm³/mol. The Morgan fingerprint density at radius 1 is 1.27 bits per heavy atom. The third-order valence-electron chi connectivity index (χ3n) is 4.89. The summed E-state index contributed by atoms with van der Waals surface area (Å²) in [4.78, 5) is 28.5. The zero-order valence-electron chi connectivity index (χ0n) is 16.5. The number of nitrogens with zero attached hydrogens (tertiary/aromatic N) is 4. The summed E-state index contributed by atoms with van der Waals surface area (Å²) in [7, 11) is 0. The fourth-order valence-electron chi connectivity index (χ4n) is 3.11. The number of hydrogen-bond donors (Lipinski definition) is 3. The third-order valence-corrected chi connectivity index (χ3v) is 4.89. The maximum absolute atomic E-state index is 12.4. The Morgan fingerprint density at radius 3 is 2.87 bits per heavy atom. The van der Waals surface area contributed by atoms with Crippen LogP contribution in [0, 0.1) is 0 Å². The number of fused-ring (bicyclic) bond motifs is 2. The molecule has 4 aromatic heterocycles. The first-order valence-corrected chi connectivity index (χ1v) is 9.60. The van der Waals surface area contributed by atoms with E-state index in [9.17, 15) is 13.6 Å². The van der Waals surface area contributed by atoms with Gasteiger partial charge in [-0.05, 0) is 25.5 Å². The summed E-state index contributed by atoms with van der Waals surface area (Å²) in [6.45, 7) is 3.43. The molecule has 0 aromatic carbocycles. The van der Waals surface area contributed by atoms with E-state index in [1.165, 1.54) is 6.20 Å². The fraction of sp³-hybridized carbons (Fsp3) is 0.300. The molecule has 1 amide bonds. The van der Waals surface area contributed by atoms with E-state index in [1.54, 1.807) is 22.9 Å². The Bertz CT molecular complexity index is 1200. The first kappa shape index (κ1) is 19.7. The van der Waals surface area contributed by atoms with Gasteiger partial charge in [0.15, 0.2) is 0 Å². The number of halogens is 2. The number of H-pyrrole nitrogens is 1. The molecule has 4 heterocycles. The van der Waals surface area contributed by atoms with Crippen LogP contribution in [0.1, 0.15) is 30.8 Å². The molecule has 0 aliphatic carbocycles. The zero-order chi connectivity index (χ0) is 21.3. The van der Waals surface area contributed by atoms with Gasteiger partial charge in [0.25, 0.3) is 12.3 Å². The van der Waals surface area contributed by atoms with E-state index in [0.717, 1.165) is 22.9 Å². The molecule has 0 fully saturated rings. The van der Waals surface area contributed by atoms with Gasteiger partial charge in [-0.15, -0.1) is 0 Å². The second-order valence-corrected chi connectivity index (χ2v) is 7.00. The van der Waals surface area contributed by atoms with E-state index in [0.29, 0.717) is 17.2 Å². The maximum atomic E-state index is 12.4. The van der Waals surface area contributed by atoms with Gasteiger partial charge in [0.05, 0.1) is 12.7 Å². The van der Waals surface area contributed by atoms with E-state index in [4.69, 9.17) is 0 Å². The van der Waals surface area contributed by atoms with Crippen LogP contribution < -0.4 is 10.6 Å². The van der Waals surface area contributed by atoms with Crippen LogP contribution in [-0.2, 0) is 0 Å². The Morgan fingerprint density at radius 2 is 2.10 bits per heavy atom. The van der Waals surface area contributed by atoms with Gasteiger partial charge in [-0.3, -0.25) is 9.20 Å². The van der Waals surface area contributed by atoms with Crippen LogP contribution in [0.2, 0.25) is 0 Å². The first-order valence-electron chi connectivity index (χ1n) is 9.60. The van der Waals surface area contributed by atoms with Crippen molar-refractivity contribution < 1.29 is 13.6 Å². The number of alkyl halides is 2. The second-order valence-electron chi connectivity index (χ2n) is 7.00. The number of rotatable bonds is 7. The van der Waals surface area contributed by atoms with Crippen LogP contribution in [0.25, 0.3) is 27.8 Å². The SMILES string of the molecule is CC[C@H](C)Nc1ncc2c(-c3ccc4ncc(C(=O)NCC(F)F)n4c3)c[nH]c2n1. The van der Waals surface area contributed by atoms with Crippen molar-refractivity contribution in [3.8, 4) is 11.1 Å². The number of aromatic amines is 1. The van der Waals surface area contributed by atoms with Gasteiger partial charge in [0.2, 0.25) is 5.95 Å². The number of carbonyl (C=O) groups is 1. The smallest absolute Gasteiger partial charge is 0.270 e. The van der Waals surface area contributed by atoms with Crippen molar-refractivity contribution in [2.45, 2.75) is 32.7 Å². The number of hydrogen-bond acceptors (Lipinski definition) is 5. The van der Waals surface area contributed by atoms with E-state index in [2.05, 4.69) is 44.4 Å². The Kier molecular flexibility index (Phi) is 5.30. The highest BCUT2D eigenvalue weighted by Gasteiger charge is 2.16. The van der Waals surface area contributed by atoms with E-state index in [1.807, 2.05) is 12.3 Å². The molecule has 10 heteroatoms. The monoisotopic (exact) mass is 413 g/mol. The van der Waals surface area contributed by atoms with Crippen LogP contribution in [0.5, 0.6) is 0 Å². The summed E-state index contributed by atoms with van der Waals surface area (Å²) in [5, 5.41) is 6.27. The number of nitrogens with one attached hydrogen (secondary N) is 3. The average molecular weight is 413 g/mol. The first-order chi connectivity index (χ1) is 14.5. The lowest BCUT2D eigenvalue weighted by Crippen LogP contribution is -2.29. The molecule has 30 heavy (non-hydrogen) atoms. The third kappa shape index (κ3) is 3.80. The number of aromatic nitrogens is 5. The molecular weight excluding hydrogens is 392 g/mol. The van der Waals surface area contributed by atoms with Gasteiger partial charge in [-0.1, -0.05) is 6.92 Å². The highest BCUT2D eigenvalue weighted by Crippen LogP contribution is 2.28. The van der Waals surface area contributed by atoms with E-state index in [-0.39, 0.29) is 11.7 Å². The number of pyridine rings is 1. The van der Waals surface area contributed by atoms with Crippen LogP contribution >= 0.6 is 0 Å². The molecule has 0 bridgehead atoms. The summed E-state index contributed by atoms with van der Waals surface area (Å²) in [5.74, 6) is -0.0590. The molecule has 8 nitrogen and oxygen atoms in total. The van der Waals surface area contributed by atoms with Gasteiger partial charge in [0, 0.05) is 41.1 Å². The summed E-state index contributed by atoms with van der Waals surface area (Å²) < 4.78 is 26.4. The maximum Gasteiger partial charge on any atom is 0.270 e. The van der Waals surface area contributed by atoms with Gasteiger partial charge in [-0.2, -0.15) is 4.98 Å². The summed E-state index contributed by atoms with van der Waals surface area (Å²) >= 11 is 0. The fourth-order valence-corrected chi connectivity index (χ4v) is 3.11. The van der Waals surface area contributed by atoms with Crippen LogP contribution in [0.4, 0.5) is 14.7 Å². The highest BCUT2D eigenvalue weighted by atomic mass is 19.3. The molecule has 0 saturated heterocycles. The topological polar surface area (TPSA) is 100 Å². The van der Waals surface area contributed by atoms with Crippen molar-refractivity contribution in [2.24, 2.45) is 0 Å². The Balaban J connectivity index is 1.68. The molecule has 0 aliphatic heterocycles. The summed E-state index contributed by atoms with van der Waals surface area (Å²) in [5.41, 5.74) is 3.07. The molecule has 0 spiro atoms. The van der Waals surface area contributed by atoms with E-state index >= 15 is 0 Å². The van der Waals surface area contributed by atoms with Gasteiger partial charge < -0.3 is 15.6 Å². The van der Waals surface area contributed by atoms with Crippen molar-refractivity contribution in [1.29, 1.82) is 0 Å². The number of anilines is 1. The minimum absolute atomic E-state index is 0.184. The number of imidazole rings is 1. The normalized spacial score (nSPS) is 12.6. The standard InChI is InChI=1S/C20H21F2N7O/c1-3-11(2)27-20-26-7-14-13(6-24-18(14)28-20)12-4-5-17-23-8-15(29(17)10-12)19(30)25-9-16(21)22/h4-8,10-11,16H,3,9H2,1-2H3,(H,25,30)(H2,24,26,27,28)/t11-/m0/s1. The van der Waals surface area contributed by atoms with Crippen molar-refractivity contribution >= 4 is 28.5 Å². The van der Waals surface area contributed by atoms with Crippen LogP contribution in [-0.4, -0.2) is 49.3 Å². The minimum Gasteiger partial charge on any atom is -0.352 e. The van der Waals surface area contributed by atoms with Crippen LogP contribution in [0.3, 0.4) is 0 Å². The lowest BCUT2D eigenvalue weighted by Gasteiger charge is -2.10. The van der Waals surface area contributed by atoms with Gasteiger partial charge in [0.1, 0.15) is 17.0 Å². The molecular formula is C20H21F2N7O. The highest BCUT2D eigenvalue weighted by molar-refractivity contribution is 5.95. The molecule has 1 atom stereocenters. The Hall–Kier alpha value is -3.56. The molecule has 0 unspecified atom stereocenters. The van der Waals surface area contributed by atoms with Gasteiger partial charge in [-0.25, -0.2) is 18.7 Å². The molecule has 156 valence electrons. The molecule has 4 rings (SSSR count). The van der Waals surface area contributed by atoms with Crippen molar-refractivity contribution in [1.82, 2.24) is 29.7 Å². The molecule has 0 saturated carbocycles. The molecule has 4 aromatic rings. The quantitative estimate of drug-likeness (QED) is 0.431. The van der Waals surface area contributed by atoms with Crippen molar-refractivity contribution in [3.63, 3.8) is 0 Å². The van der Waals surface area contributed by atoms with Crippen LogP contribution in [0.15, 0.2) is 36.9 Å². The largest absolute Gasteiger partial charge is 0.352 e. The van der Waals surface area contributed by atoms with Crippen molar-refractivity contribution in [2.75, 3.05) is 11.9 Å². The molecule has 0 radical (unpaired) electrons. The lowest BCUT2D eigenvalue weighted by atomic mass is 10.1. The molecule has 3 N–H and O–H groups in total. The predicted octanol–water partition coefficient (Wildman–Crippen LogP) is 3.48. The molecule has 0 aliphatic rings. The summed E-state index contributed by atoms with van der Waals surface area (Å²) in [6.07, 6.45) is 5.01. The van der Waals surface area contributed by atoms with E-state index < -0.39 is 18.9 Å². The lowest BCUT2D eigenvalue weighted by molar-refractivity contribution is 0.0886. The van der Waals surface area contributed by atoms with Crippen molar-refractivity contribution in [3.05, 3.63) is 42.6 Å².